The van der Waals surface area contributed by atoms with Gasteiger partial charge in [0, 0.05) is 42.5 Å². The number of benzene rings is 1. The quantitative estimate of drug-likeness (QED) is 0.757. The van der Waals surface area contributed by atoms with Crippen LogP contribution in [0.2, 0.25) is 5.02 Å². The van der Waals surface area contributed by atoms with E-state index in [2.05, 4.69) is 21.9 Å². The summed E-state index contributed by atoms with van der Waals surface area (Å²) in [4.78, 5) is 16.7. The molecule has 0 aromatic heterocycles. The van der Waals surface area contributed by atoms with Crippen molar-refractivity contribution in [2.75, 3.05) is 26.2 Å². The fourth-order valence-corrected chi connectivity index (χ4v) is 4.85. The minimum Gasteiger partial charge on any atom is -0.343 e. The van der Waals surface area contributed by atoms with E-state index in [9.17, 15) is 4.79 Å². The van der Waals surface area contributed by atoms with Crippen LogP contribution in [0.15, 0.2) is 24.3 Å². The summed E-state index contributed by atoms with van der Waals surface area (Å²) in [5, 5.41) is 0.825. The van der Waals surface area contributed by atoms with Gasteiger partial charge in [-0.05, 0) is 62.8 Å². The van der Waals surface area contributed by atoms with Crippen LogP contribution in [0.4, 0.5) is 0 Å². The van der Waals surface area contributed by atoms with E-state index in [1.807, 2.05) is 12.1 Å². The first-order valence-electron chi connectivity index (χ1n) is 9.94. The Kier molecular flexibility index (Phi) is 5.06. The third kappa shape index (κ3) is 3.88. The summed E-state index contributed by atoms with van der Waals surface area (Å²) in [7, 11) is 0. The van der Waals surface area contributed by atoms with E-state index >= 15 is 0 Å². The molecule has 2 heterocycles. The zero-order valence-electron chi connectivity index (χ0n) is 15.1. The van der Waals surface area contributed by atoms with Gasteiger partial charge in [0.05, 0.1) is 0 Å². The Morgan fingerprint density at radius 3 is 2.56 bits per heavy atom. The molecule has 0 unspecified atom stereocenters. The van der Waals surface area contributed by atoms with Crippen molar-refractivity contribution in [1.82, 2.24) is 9.80 Å². The molecule has 4 rings (SSSR count). The lowest BCUT2D eigenvalue weighted by atomic mass is 9.91. The van der Waals surface area contributed by atoms with Crippen LogP contribution in [0.25, 0.3) is 0 Å². The van der Waals surface area contributed by atoms with Gasteiger partial charge in [0.25, 0.3) is 0 Å². The number of rotatable bonds is 6. The third-order valence-corrected chi connectivity index (χ3v) is 6.72. The van der Waals surface area contributed by atoms with Crippen molar-refractivity contribution in [2.24, 2.45) is 0 Å². The molecule has 1 saturated carbocycles. The Labute approximate surface area is 156 Å². The molecule has 1 aromatic carbocycles. The summed E-state index contributed by atoms with van der Waals surface area (Å²) >= 11 is 6.07. The molecule has 0 bridgehead atoms. The summed E-state index contributed by atoms with van der Waals surface area (Å²) < 4.78 is 0. The zero-order valence-corrected chi connectivity index (χ0v) is 15.8. The molecular formula is C21H29ClN2O. The Hall–Kier alpha value is -1.06. The normalized spacial score (nSPS) is 26.2. The van der Waals surface area contributed by atoms with Crippen molar-refractivity contribution < 1.29 is 4.79 Å². The molecule has 1 aliphatic carbocycles. The van der Waals surface area contributed by atoms with Gasteiger partial charge in [0.1, 0.15) is 0 Å². The van der Waals surface area contributed by atoms with Gasteiger partial charge in [-0.15, -0.1) is 0 Å². The Morgan fingerprint density at radius 1 is 1.08 bits per heavy atom. The van der Waals surface area contributed by atoms with E-state index in [0.29, 0.717) is 17.4 Å². The lowest BCUT2D eigenvalue weighted by molar-refractivity contribution is -0.127. The maximum Gasteiger partial charge on any atom is 0.222 e. The van der Waals surface area contributed by atoms with Crippen LogP contribution in [-0.2, 0) is 10.2 Å². The van der Waals surface area contributed by atoms with Crippen LogP contribution < -0.4 is 0 Å². The van der Waals surface area contributed by atoms with Crippen molar-refractivity contribution in [3.63, 3.8) is 0 Å². The second-order valence-corrected chi connectivity index (χ2v) is 8.62. The number of hydrogen-bond acceptors (Lipinski definition) is 2. The van der Waals surface area contributed by atoms with E-state index in [4.69, 9.17) is 11.6 Å². The lowest BCUT2D eigenvalue weighted by Crippen LogP contribution is -2.45. The molecular weight excluding hydrogens is 332 g/mol. The van der Waals surface area contributed by atoms with Crippen molar-refractivity contribution in [3.8, 4) is 0 Å². The smallest absolute Gasteiger partial charge is 0.222 e. The summed E-state index contributed by atoms with van der Waals surface area (Å²) in [6.45, 7) is 4.31. The predicted molar refractivity (Wildman–Crippen MR) is 102 cm³/mol. The van der Waals surface area contributed by atoms with E-state index in [-0.39, 0.29) is 0 Å². The van der Waals surface area contributed by atoms with E-state index < -0.39 is 0 Å². The maximum atomic E-state index is 11.9. The van der Waals surface area contributed by atoms with Gasteiger partial charge < -0.3 is 4.90 Å². The number of nitrogens with zero attached hydrogens (tertiary/aromatic N) is 2. The van der Waals surface area contributed by atoms with Gasteiger partial charge in [-0.25, -0.2) is 0 Å². The molecule has 136 valence electrons. The Bertz CT molecular complexity index is 611. The van der Waals surface area contributed by atoms with Crippen LogP contribution >= 0.6 is 11.6 Å². The Balaban J connectivity index is 1.39. The average molecular weight is 361 g/mol. The molecule has 3 fully saturated rings. The summed E-state index contributed by atoms with van der Waals surface area (Å²) in [6.07, 6.45) is 9.48. The molecule has 2 aliphatic heterocycles. The van der Waals surface area contributed by atoms with E-state index in [0.717, 1.165) is 37.4 Å². The van der Waals surface area contributed by atoms with Crippen molar-refractivity contribution in [2.45, 2.75) is 62.8 Å². The van der Waals surface area contributed by atoms with Crippen LogP contribution in [0.3, 0.4) is 0 Å². The number of piperidine rings is 1. The van der Waals surface area contributed by atoms with Crippen molar-refractivity contribution in [3.05, 3.63) is 34.9 Å². The molecule has 3 nitrogen and oxygen atoms in total. The van der Waals surface area contributed by atoms with Crippen LogP contribution in [0.1, 0.15) is 56.9 Å². The predicted octanol–water partition coefficient (Wildman–Crippen LogP) is 4.24. The van der Waals surface area contributed by atoms with E-state index in [1.54, 1.807) is 0 Å². The van der Waals surface area contributed by atoms with Gasteiger partial charge in [0.2, 0.25) is 5.91 Å². The molecule has 1 amide bonds. The molecule has 4 heteroatoms. The third-order valence-electron chi connectivity index (χ3n) is 6.47. The number of hydrogen-bond donors (Lipinski definition) is 0. The highest BCUT2D eigenvalue weighted by molar-refractivity contribution is 6.30. The monoisotopic (exact) mass is 360 g/mol. The first kappa shape index (κ1) is 17.4. The standard InChI is InChI=1S/C21H29ClN2O/c22-18-8-6-17(7-9-18)21(11-12-21)16-24-13-2-1-4-19(24)10-15-23-14-3-5-20(23)25/h6-9,19H,1-5,10-16H2/t19-/m0/s1. The molecule has 3 aliphatic rings. The van der Waals surface area contributed by atoms with Crippen molar-refractivity contribution >= 4 is 17.5 Å². The largest absolute Gasteiger partial charge is 0.343 e. The highest BCUT2D eigenvalue weighted by Gasteiger charge is 2.46. The number of halogens is 1. The van der Waals surface area contributed by atoms with Gasteiger partial charge in [0.15, 0.2) is 0 Å². The minimum absolute atomic E-state index is 0.351. The fourth-order valence-electron chi connectivity index (χ4n) is 4.72. The zero-order chi connectivity index (χ0) is 17.3. The second kappa shape index (κ2) is 7.28. The van der Waals surface area contributed by atoms with Crippen LogP contribution in [0.5, 0.6) is 0 Å². The molecule has 25 heavy (non-hydrogen) atoms. The molecule has 0 radical (unpaired) electrons. The first-order chi connectivity index (χ1) is 12.2. The SMILES string of the molecule is O=C1CCCN1CC[C@@H]1CCCCN1CC1(c2ccc(Cl)cc2)CC1. The molecule has 2 saturated heterocycles. The van der Waals surface area contributed by atoms with Gasteiger partial charge in [-0.1, -0.05) is 30.2 Å². The van der Waals surface area contributed by atoms with Gasteiger partial charge in [-0.2, -0.15) is 0 Å². The number of carbonyl (C=O) groups is 1. The average Bonchev–Trinajstić information content (AvgIpc) is 3.29. The molecule has 1 atom stereocenters. The number of carbonyl (C=O) groups excluding carboxylic acids is 1. The van der Waals surface area contributed by atoms with Gasteiger partial charge >= 0.3 is 0 Å². The maximum absolute atomic E-state index is 11.9. The minimum atomic E-state index is 0.351. The summed E-state index contributed by atoms with van der Waals surface area (Å²) in [6, 6.07) is 9.15. The summed E-state index contributed by atoms with van der Waals surface area (Å²) in [5.74, 6) is 0.363. The topological polar surface area (TPSA) is 23.6 Å². The Morgan fingerprint density at radius 2 is 1.88 bits per heavy atom. The number of amides is 1. The highest BCUT2D eigenvalue weighted by Crippen LogP contribution is 2.49. The lowest BCUT2D eigenvalue weighted by Gasteiger charge is -2.39. The number of likely N-dealkylation sites (tertiary alicyclic amines) is 2. The molecule has 1 aromatic rings. The molecule has 0 N–H and O–H groups in total. The van der Waals surface area contributed by atoms with Crippen LogP contribution in [-0.4, -0.2) is 47.9 Å². The fraction of sp³-hybridized carbons (Fsp3) is 0.667. The van der Waals surface area contributed by atoms with E-state index in [1.165, 1.54) is 50.8 Å². The van der Waals surface area contributed by atoms with Crippen molar-refractivity contribution in [1.29, 1.82) is 0 Å². The molecule has 0 spiro atoms. The van der Waals surface area contributed by atoms with Gasteiger partial charge in [-0.3, -0.25) is 9.69 Å². The highest BCUT2D eigenvalue weighted by atomic mass is 35.5. The second-order valence-electron chi connectivity index (χ2n) is 8.18. The summed E-state index contributed by atoms with van der Waals surface area (Å²) in [5.41, 5.74) is 1.81. The van der Waals surface area contributed by atoms with Crippen LogP contribution in [0, 0.1) is 0 Å². The first-order valence-corrected chi connectivity index (χ1v) is 10.3.